The van der Waals surface area contributed by atoms with Gasteiger partial charge in [-0.05, 0) is 18.2 Å². The average Bonchev–Trinajstić information content (AvgIpc) is 2.24. The van der Waals surface area contributed by atoms with E-state index in [0.717, 1.165) is 0 Å². The van der Waals surface area contributed by atoms with Gasteiger partial charge in [0, 0.05) is 16.1 Å². The molecule has 4 nitrogen and oxygen atoms in total. The van der Waals surface area contributed by atoms with Crippen LogP contribution in [0.3, 0.4) is 0 Å². The summed E-state index contributed by atoms with van der Waals surface area (Å²) in [4.78, 5) is 0. The van der Waals surface area contributed by atoms with Gasteiger partial charge in [-0.15, -0.1) is 0 Å². The van der Waals surface area contributed by atoms with Crippen molar-refractivity contribution in [2.75, 3.05) is 12.4 Å². The Morgan fingerprint density at radius 2 is 2.11 bits per heavy atom. The van der Waals surface area contributed by atoms with Crippen molar-refractivity contribution < 1.29 is 13.2 Å². The van der Waals surface area contributed by atoms with Gasteiger partial charge >= 0.3 is 0 Å². The molecule has 0 radical (unpaired) electrons. The Kier molecular flexibility index (Phi) is 4.60. The van der Waals surface area contributed by atoms with Crippen molar-refractivity contribution >= 4 is 19.7 Å². The molecule has 0 unspecified atom stereocenters. The average molecular weight is 288 g/mol. The van der Waals surface area contributed by atoms with E-state index >= 15 is 0 Å². The lowest BCUT2D eigenvalue weighted by molar-refractivity contribution is 0.200. The molecule has 0 atom stereocenters. The fraction of sp³-hybridized carbons (Fsp3) is 0.417. The van der Waals surface area contributed by atoms with Gasteiger partial charge < -0.3 is 4.74 Å². The molecular formula is C12H14ClNO3S. The number of hydrogen-bond acceptors (Lipinski definition) is 4. The standard InChI is InChI=1S/C12H14ClNO3S/c1-12(2,9-18(13,15)16)8-17-11-5-3-4-10(6-11)7-14/h3-6H,8-9H2,1-2H3. The molecular weight excluding hydrogens is 274 g/mol. The quantitative estimate of drug-likeness (QED) is 0.781. The minimum absolute atomic E-state index is 0.167. The van der Waals surface area contributed by atoms with Crippen LogP contribution in [-0.4, -0.2) is 20.8 Å². The number of halogens is 1. The maximum absolute atomic E-state index is 11.0. The van der Waals surface area contributed by atoms with Gasteiger partial charge in [0.25, 0.3) is 0 Å². The van der Waals surface area contributed by atoms with E-state index in [1.54, 1.807) is 38.1 Å². The zero-order valence-corrected chi connectivity index (χ0v) is 11.8. The van der Waals surface area contributed by atoms with Gasteiger partial charge in [-0.1, -0.05) is 19.9 Å². The van der Waals surface area contributed by atoms with Crippen LogP contribution in [0.25, 0.3) is 0 Å². The minimum atomic E-state index is -3.56. The molecule has 0 amide bonds. The summed E-state index contributed by atoms with van der Waals surface area (Å²) in [6, 6.07) is 8.70. The second-order valence-corrected chi connectivity index (χ2v) is 7.55. The third kappa shape index (κ3) is 5.39. The van der Waals surface area contributed by atoms with Crippen molar-refractivity contribution in [1.82, 2.24) is 0 Å². The first kappa shape index (κ1) is 14.8. The molecule has 0 heterocycles. The maximum atomic E-state index is 11.0. The fourth-order valence-electron chi connectivity index (χ4n) is 1.44. The SMILES string of the molecule is CC(C)(COc1cccc(C#N)c1)CS(=O)(=O)Cl. The predicted octanol–water partition coefficient (Wildman–Crippen LogP) is 2.53. The lowest BCUT2D eigenvalue weighted by Crippen LogP contribution is -2.28. The first-order chi connectivity index (χ1) is 8.22. The largest absolute Gasteiger partial charge is 0.493 e. The van der Waals surface area contributed by atoms with Crippen LogP contribution in [0.2, 0.25) is 0 Å². The lowest BCUT2D eigenvalue weighted by Gasteiger charge is -2.22. The van der Waals surface area contributed by atoms with E-state index in [1.165, 1.54) is 0 Å². The molecule has 1 rings (SSSR count). The molecule has 98 valence electrons. The minimum Gasteiger partial charge on any atom is -0.493 e. The van der Waals surface area contributed by atoms with Gasteiger partial charge in [-0.25, -0.2) is 8.42 Å². The molecule has 0 aromatic heterocycles. The molecule has 6 heteroatoms. The number of nitrogens with zero attached hydrogens (tertiary/aromatic N) is 1. The lowest BCUT2D eigenvalue weighted by atomic mass is 9.98. The first-order valence-corrected chi connectivity index (χ1v) is 7.75. The monoisotopic (exact) mass is 287 g/mol. The Labute approximate surface area is 112 Å². The normalized spacial score (nSPS) is 11.9. The summed E-state index contributed by atoms with van der Waals surface area (Å²) in [5.41, 5.74) is -0.0984. The molecule has 0 aliphatic rings. The van der Waals surface area contributed by atoms with Crippen LogP contribution in [0.5, 0.6) is 5.75 Å². The zero-order valence-electron chi connectivity index (χ0n) is 10.2. The molecule has 0 N–H and O–H groups in total. The third-order valence-corrected chi connectivity index (χ3v) is 3.61. The molecule has 18 heavy (non-hydrogen) atoms. The van der Waals surface area contributed by atoms with Gasteiger partial charge in [0.05, 0.1) is 24.0 Å². The molecule has 0 saturated carbocycles. The number of hydrogen-bond donors (Lipinski definition) is 0. The van der Waals surface area contributed by atoms with E-state index in [-0.39, 0.29) is 12.4 Å². The van der Waals surface area contributed by atoms with Crippen molar-refractivity contribution in [3.05, 3.63) is 29.8 Å². The van der Waals surface area contributed by atoms with Crippen LogP contribution in [0.15, 0.2) is 24.3 Å². The van der Waals surface area contributed by atoms with Crippen LogP contribution >= 0.6 is 10.7 Å². The van der Waals surface area contributed by atoms with Gasteiger partial charge in [0.2, 0.25) is 9.05 Å². The number of nitriles is 1. The Balaban J connectivity index is 2.67. The molecule has 0 spiro atoms. The molecule has 1 aromatic rings. The highest BCUT2D eigenvalue weighted by atomic mass is 35.7. The topological polar surface area (TPSA) is 67.2 Å². The summed E-state index contributed by atoms with van der Waals surface area (Å²) in [7, 11) is 1.66. The van der Waals surface area contributed by atoms with Gasteiger partial charge in [-0.3, -0.25) is 0 Å². The van der Waals surface area contributed by atoms with E-state index in [9.17, 15) is 8.42 Å². The molecule has 0 aliphatic heterocycles. The highest BCUT2D eigenvalue weighted by Crippen LogP contribution is 2.22. The highest BCUT2D eigenvalue weighted by molar-refractivity contribution is 8.13. The summed E-state index contributed by atoms with van der Waals surface area (Å²) in [6.45, 7) is 3.70. The zero-order chi connectivity index (χ0) is 13.8. The van der Waals surface area contributed by atoms with E-state index in [0.29, 0.717) is 11.3 Å². The van der Waals surface area contributed by atoms with Crippen molar-refractivity contribution in [1.29, 1.82) is 5.26 Å². The summed E-state index contributed by atoms with van der Waals surface area (Å²) in [5, 5.41) is 8.74. The van der Waals surface area contributed by atoms with E-state index in [2.05, 4.69) is 0 Å². The summed E-state index contributed by atoms with van der Waals surface area (Å²) >= 11 is 0. The van der Waals surface area contributed by atoms with Crippen LogP contribution < -0.4 is 4.74 Å². The van der Waals surface area contributed by atoms with E-state index in [4.69, 9.17) is 20.7 Å². The molecule has 1 aromatic carbocycles. The Morgan fingerprint density at radius 3 is 2.67 bits per heavy atom. The van der Waals surface area contributed by atoms with Crippen LogP contribution in [0.1, 0.15) is 19.4 Å². The highest BCUT2D eigenvalue weighted by Gasteiger charge is 2.25. The maximum Gasteiger partial charge on any atom is 0.233 e. The number of rotatable bonds is 5. The third-order valence-electron chi connectivity index (χ3n) is 2.16. The second kappa shape index (κ2) is 5.59. The van der Waals surface area contributed by atoms with Crippen LogP contribution in [-0.2, 0) is 9.05 Å². The van der Waals surface area contributed by atoms with Gasteiger partial charge in [-0.2, -0.15) is 5.26 Å². The Morgan fingerprint density at radius 1 is 1.44 bits per heavy atom. The smallest absolute Gasteiger partial charge is 0.233 e. The Hall–Kier alpha value is -1.25. The first-order valence-electron chi connectivity index (χ1n) is 5.27. The Bertz CT molecular complexity index is 561. The predicted molar refractivity (Wildman–Crippen MR) is 70.1 cm³/mol. The summed E-state index contributed by atoms with van der Waals surface area (Å²) in [6.07, 6.45) is 0. The number of benzene rings is 1. The second-order valence-electron chi connectivity index (χ2n) is 4.78. The van der Waals surface area contributed by atoms with E-state index < -0.39 is 14.5 Å². The number of ether oxygens (including phenoxy) is 1. The fourth-order valence-corrected chi connectivity index (χ4v) is 3.35. The molecule has 0 saturated heterocycles. The molecule has 0 aliphatic carbocycles. The van der Waals surface area contributed by atoms with Crippen LogP contribution in [0.4, 0.5) is 0 Å². The van der Waals surface area contributed by atoms with Gasteiger partial charge in [0.15, 0.2) is 0 Å². The van der Waals surface area contributed by atoms with Crippen molar-refractivity contribution in [3.63, 3.8) is 0 Å². The van der Waals surface area contributed by atoms with Crippen LogP contribution in [0, 0.1) is 16.7 Å². The van der Waals surface area contributed by atoms with E-state index in [1.807, 2.05) is 6.07 Å². The van der Waals surface area contributed by atoms with Crippen molar-refractivity contribution in [3.8, 4) is 11.8 Å². The van der Waals surface area contributed by atoms with Crippen molar-refractivity contribution in [2.45, 2.75) is 13.8 Å². The molecule has 0 bridgehead atoms. The summed E-state index contributed by atoms with van der Waals surface area (Å²) < 4.78 is 27.5. The van der Waals surface area contributed by atoms with Crippen molar-refractivity contribution in [2.24, 2.45) is 5.41 Å². The summed E-state index contributed by atoms with van der Waals surface area (Å²) in [5.74, 6) is 0.369. The molecule has 0 fully saturated rings. The van der Waals surface area contributed by atoms with Gasteiger partial charge in [0.1, 0.15) is 5.75 Å².